The highest BCUT2D eigenvalue weighted by Crippen LogP contribution is 2.49. The Bertz CT molecular complexity index is 977. The number of fused-ring (bicyclic) bond motifs is 2. The summed E-state index contributed by atoms with van der Waals surface area (Å²) in [6.45, 7) is 9.63. The van der Waals surface area contributed by atoms with Crippen LogP contribution in [0.1, 0.15) is 67.9 Å². The molecule has 1 spiro atoms. The van der Waals surface area contributed by atoms with Crippen molar-refractivity contribution in [2.24, 2.45) is 0 Å². The molecule has 0 N–H and O–H groups in total. The van der Waals surface area contributed by atoms with Crippen LogP contribution in [0.4, 0.5) is 5.69 Å². The molecule has 0 aromatic heterocycles. The highest BCUT2D eigenvalue weighted by Gasteiger charge is 2.48. The van der Waals surface area contributed by atoms with E-state index in [1.54, 1.807) is 7.11 Å². The van der Waals surface area contributed by atoms with Gasteiger partial charge in [-0.2, -0.15) is 0 Å². The van der Waals surface area contributed by atoms with Crippen molar-refractivity contribution < 1.29 is 9.53 Å². The Kier molecular flexibility index (Phi) is 4.89. The van der Waals surface area contributed by atoms with Gasteiger partial charge in [-0.3, -0.25) is 4.79 Å². The number of piperidine rings is 1. The third kappa shape index (κ3) is 3.65. The van der Waals surface area contributed by atoms with Crippen molar-refractivity contribution in [3.63, 3.8) is 0 Å². The van der Waals surface area contributed by atoms with E-state index in [0.717, 1.165) is 55.5 Å². The summed E-state index contributed by atoms with van der Waals surface area (Å²) in [6.07, 6.45) is 4.92. The van der Waals surface area contributed by atoms with Crippen molar-refractivity contribution in [1.29, 1.82) is 0 Å². The molecule has 2 fully saturated rings. The average molecular weight is 419 g/mol. The molecule has 2 aromatic carbocycles. The lowest BCUT2D eigenvalue weighted by Crippen LogP contribution is -2.46. The van der Waals surface area contributed by atoms with Gasteiger partial charge in [0.05, 0.1) is 7.11 Å². The quantitative estimate of drug-likeness (QED) is 0.691. The Hall–Kier alpha value is -2.33. The molecule has 1 amide bonds. The highest BCUT2D eigenvalue weighted by atomic mass is 16.5. The van der Waals surface area contributed by atoms with Gasteiger partial charge in [0.15, 0.2) is 0 Å². The molecule has 2 aromatic rings. The van der Waals surface area contributed by atoms with Crippen LogP contribution < -0.4 is 9.64 Å². The molecule has 5 rings (SSSR count). The van der Waals surface area contributed by atoms with Gasteiger partial charge in [0.2, 0.25) is 0 Å². The molecule has 4 nitrogen and oxygen atoms in total. The zero-order valence-corrected chi connectivity index (χ0v) is 19.3. The highest BCUT2D eigenvalue weighted by molar-refractivity contribution is 6.07. The number of carbonyl (C=O) groups excluding carboxylic acids is 1. The smallest absolute Gasteiger partial charge is 0.258 e. The van der Waals surface area contributed by atoms with Crippen LogP contribution in [0, 0.1) is 0 Å². The number of likely N-dealkylation sites (tertiary alicyclic amines) is 1. The van der Waals surface area contributed by atoms with Crippen molar-refractivity contribution in [3.8, 4) is 5.75 Å². The van der Waals surface area contributed by atoms with Crippen LogP contribution >= 0.6 is 0 Å². The molecule has 4 heteroatoms. The second kappa shape index (κ2) is 7.37. The van der Waals surface area contributed by atoms with Crippen LogP contribution in [0.15, 0.2) is 42.5 Å². The van der Waals surface area contributed by atoms with E-state index < -0.39 is 0 Å². The van der Waals surface area contributed by atoms with Gasteiger partial charge in [0.25, 0.3) is 5.91 Å². The molecule has 1 aliphatic carbocycles. The Balaban J connectivity index is 1.45. The lowest BCUT2D eigenvalue weighted by Gasteiger charge is -2.40. The summed E-state index contributed by atoms with van der Waals surface area (Å²) in [5.74, 6) is 0.986. The lowest BCUT2D eigenvalue weighted by molar-refractivity contribution is 0.0975. The van der Waals surface area contributed by atoms with Crippen molar-refractivity contribution >= 4 is 11.6 Å². The van der Waals surface area contributed by atoms with Gasteiger partial charge in [-0.1, -0.05) is 32.9 Å². The summed E-state index contributed by atoms with van der Waals surface area (Å²) < 4.78 is 5.55. The summed E-state index contributed by atoms with van der Waals surface area (Å²) in [5, 5.41) is 0. The number of carbonyl (C=O) groups is 1. The number of nitrogens with zero attached hydrogens (tertiary/aromatic N) is 2. The van der Waals surface area contributed by atoms with E-state index in [2.05, 4.69) is 49.9 Å². The molecule has 0 bridgehead atoms. The van der Waals surface area contributed by atoms with Crippen LogP contribution in [0.25, 0.3) is 0 Å². The van der Waals surface area contributed by atoms with Crippen LogP contribution in [0.2, 0.25) is 0 Å². The second-order valence-electron chi connectivity index (χ2n) is 10.6. The third-order valence-corrected chi connectivity index (χ3v) is 7.59. The predicted octanol–water partition coefficient (Wildman–Crippen LogP) is 5.15. The minimum atomic E-state index is 0.0380. The van der Waals surface area contributed by atoms with Gasteiger partial charge in [0.1, 0.15) is 5.75 Å². The fraction of sp³-hybridized carbons (Fsp3) is 0.519. The molecule has 2 heterocycles. The first-order valence-corrected chi connectivity index (χ1v) is 11.7. The summed E-state index contributed by atoms with van der Waals surface area (Å²) in [4.78, 5) is 18.3. The zero-order chi connectivity index (χ0) is 21.8. The van der Waals surface area contributed by atoms with Crippen LogP contribution in [0.3, 0.4) is 0 Å². The summed E-state index contributed by atoms with van der Waals surface area (Å²) in [5.41, 5.74) is 4.49. The Labute approximate surface area is 186 Å². The fourth-order valence-electron chi connectivity index (χ4n) is 5.41. The van der Waals surface area contributed by atoms with Gasteiger partial charge in [-0.05, 0) is 85.6 Å². The first-order chi connectivity index (χ1) is 14.8. The van der Waals surface area contributed by atoms with Gasteiger partial charge in [-0.15, -0.1) is 0 Å². The molecule has 164 valence electrons. The van der Waals surface area contributed by atoms with Crippen molar-refractivity contribution in [2.75, 3.05) is 31.6 Å². The van der Waals surface area contributed by atoms with Crippen molar-refractivity contribution in [1.82, 2.24) is 4.90 Å². The topological polar surface area (TPSA) is 32.8 Å². The largest absolute Gasteiger partial charge is 0.497 e. The van der Waals surface area contributed by atoms with E-state index in [-0.39, 0.29) is 16.7 Å². The number of ether oxygens (including phenoxy) is 1. The van der Waals surface area contributed by atoms with Crippen LogP contribution in [-0.4, -0.2) is 43.6 Å². The SMILES string of the molecule is COc1ccc2c(c1)C1(CCN(C3CC3)CC1)CN2C(=O)c1ccc(C(C)(C)C)cc1. The molecule has 31 heavy (non-hydrogen) atoms. The average Bonchev–Trinajstić information content (AvgIpc) is 3.58. The Morgan fingerprint density at radius 1 is 1.03 bits per heavy atom. The number of amides is 1. The number of hydrogen-bond donors (Lipinski definition) is 0. The molecule has 0 unspecified atom stereocenters. The number of methoxy groups -OCH3 is 1. The molecule has 3 aliphatic rings. The standard InChI is InChI=1S/C27H34N2O2/c1-26(2,3)20-7-5-19(6-8-20)25(30)29-18-27(13-15-28(16-14-27)21-9-10-21)23-17-22(31-4)11-12-24(23)29/h5-8,11-12,17,21H,9-10,13-16,18H2,1-4H3. The number of benzene rings is 2. The molecule has 0 radical (unpaired) electrons. The van der Waals surface area contributed by atoms with E-state index in [1.807, 2.05) is 23.1 Å². The fourth-order valence-corrected chi connectivity index (χ4v) is 5.41. The maximum absolute atomic E-state index is 13.6. The Morgan fingerprint density at radius 2 is 1.71 bits per heavy atom. The van der Waals surface area contributed by atoms with Gasteiger partial charge < -0.3 is 14.5 Å². The maximum atomic E-state index is 13.6. The minimum absolute atomic E-state index is 0.0380. The second-order valence-corrected chi connectivity index (χ2v) is 10.6. The van der Waals surface area contributed by atoms with E-state index in [1.165, 1.54) is 24.0 Å². The zero-order valence-electron chi connectivity index (χ0n) is 19.3. The van der Waals surface area contributed by atoms with Gasteiger partial charge >= 0.3 is 0 Å². The summed E-state index contributed by atoms with van der Waals surface area (Å²) in [6, 6.07) is 15.2. The number of rotatable bonds is 3. The van der Waals surface area contributed by atoms with Crippen LogP contribution in [-0.2, 0) is 10.8 Å². The summed E-state index contributed by atoms with van der Waals surface area (Å²) in [7, 11) is 1.72. The number of anilines is 1. The lowest BCUT2D eigenvalue weighted by atomic mass is 9.74. The van der Waals surface area contributed by atoms with Gasteiger partial charge in [-0.25, -0.2) is 0 Å². The first kappa shape index (κ1) is 20.6. The molecular formula is C27H34N2O2. The van der Waals surface area contributed by atoms with E-state index in [0.29, 0.717) is 0 Å². The van der Waals surface area contributed by atoms with Crippen molar-refractivity contribution in [2.45, 2.75) is 63.3 Å². The molecule has 0 atom stereocenters. The number of hydrogen-bond acceptors (Lipinski definition) is 3. The molecule has 1 saturated carbocycles. The van der Waals surface area contributed by atoms with E-state index in [4.69, 9.17) is 4.74 Å². The molecular weight excluding hydrogens is 384 g/mol. The third-order valence-electron chi connectivity index (χ3n) is 7.59. The van der Waals surface area contributed by atoms with E-state index in [9.17, 15) is 4.79 Å². The predicted molar refractivity (Wildman–Crippen MR) is 125 cm³/mol. The normalized spacial score (nSPS) is 20.7. The van der Waals surface area contributed by atoms with Gasteiger partial charge in [0, 0.05) is 29.3 Å². The van der Waals surface area contributed by atoms with E-state index >= 15 is 0 Å². The maximum Gasteiger partial charge on any atom is 0.258 e. The molecule has 2 aliphatic heterocycles. The first-order valence-electron chi connectivity index (χ1n) is 11.7. The molecule has 1 saturated heterocycles. The summed E-state index contributed by atoms with van der Waals surface area (Å²) >= 11 is 0. The van der Waals surface area contributed by atoms with Crippen molar-refractivity contribution in [3.05, 3.63) is 59.2 Å². The monoisotopic (exact) mass is 418 g/mol. The van der Waals surface area contributed by atoms with Crippen LogP contribution in [0.5, 0.6) is 5.75 Å². The minimum Gasteiger partial charge on any atom is -0.497 e. The Morgan fingerprint density at radius 3 is 2.29 bits per heavy atom.